The predicted octanol–water partition coefficient (Wildman–Crippen LogP) is 3.27. The molecule has 0 radical (unpaired) electrons. The molecule has 0 saturated heterocycles. The molecule has 1 fully saturated rings. The molecule has 1 aromatic heterocycles. The summed E-state index contributed by atoms with van der Waals surface area (Å²) in [4.78, 5) is 24.1. The third-order valence-electron chi connectivity index (χ3n) is 4.49. The Morgan fingerprint density at radius 3 is 2.48 bits per heavy atom. The second-order valence-electron chi connectivity index (χ2n) is 7.39. The number of carbonyl (C=O) groups excluding carboxylic acids is 2. The molecule has 2 N–H and O–H groups in total. The molecule has 27 heavy (non-hydrogen) atoms. The molecular formula is C20H26N4O3. The van der Waals surface area contributed by atoms with Gasteiger partial charge in [-0.3, -0.25) is 4.79 Å². The molecule has 1 saturated carbocycles. The molecular weight excluding hydrogens is 344 g/mol. The Morgan fingerprint density at radius 2 is 1.96 bits per heavy atom. The van der Waals surface area contributed by atoms with Crippen molar-refractivity contribution >= 4 is 12.0 Å². The highest BCUT2D eigenvalue weighted by Crippen LogP contribution is 2.38. The van der Waals surface area contributed by atoms with E-state index in [0.717, 1.165) is 18.5 Å². The molecule has 4 rings (SSSR count). The van der Waals surface area contributed by atoms with Crippen molar-refractivity contribution in [2.75, 3.05) is 12.0 Å². The fraction of sp³-hybridized carbons (Fsp3) is 0.450. The van der Waals surface area contributed by atoms with E-state index in [1.807, 2.05) is 19.9 Å². The smallest absolute Gasteiger partial charge is 0.407 e. The third kappa shape index (κ3) is 5.32. The van der Waals surface area contributed by atoms with Gasteiger partial charge in [-0.05, 0) is 42.0 Å². The molecule has 0 bridgehead atoms. The standard InChI is InChI=1S/C14H22N4O3.C6H4/c1-9(2)8-15-14(20)21-12-6-11(7-12)13-4-5-16-18(13)17-10(3)19;1-2-5-4-6(5)3-1/h4-5,9,11-12H,6-8H2,1-3H3,(H,15,20)(H,17,19);1-4H. The summed E-state index contributed by atoms with van der Waals surface area (Å²) in [5.41, 5.74) is 6.43. The molecule has 0 unspecified atom stereocenters. The van der Waals surface area contributed by atoms with Crippen LogP contribution in [0.2, 0.25) is 0 Å². The van der Waals surface area contributed by atoms with Crippen molar-refractivity contribution < 1.29 is 14.3 Å². The number of amides is 2. The normalized spacial score (nSPS) is 18.7. The highest BCUT2D eigenvalue weighted by atomic mass is 16.6. The Balaban J connectivity index is 0.000000290. The van der Waals surface area contributed by atoms with Gasteiger partial charge in [-0.1, -0.05) is 32.0 Å². The Kier molecular flexibility index (Phi) is 5.78. The first-order valence-corrected chi connectivity index (χ1v) is 9.29. The highest BCUT2D eigenvalue weighted by molar-refractivity contribution is 5.81. The topological polar surface area (TPSA) is 85.2 Å². The van der Waals surface area contributed by atoms with Gasteiger partial charge in [0.2, 0.25) is 5.91 Å². The van der Waals surface area contributed by atoms with Crippen molar-refractivity contribution in [2.24, 2.45) is 5.92 Å². The number of benzene rings is 1. The number of fused-ring (bicyclic) bond motifs is 1. The summed E-state index contributed by atoms with van der Waals surface area (Å²) < 4.78 is 5.32. The minimum absolute atomic E-state index is 0.0668. The first-order chi connectivity index (χ1) is 12.9. The average Bonchev–Trinajstić information content (AvgIpc) is 2.95. The predicted molar refractivity (Wildman–Crippen MR) is 103 cm³/mol. The summed E-state index contributed by atoms with van der Waals surface area (Å²) in [6.45, 7) is 6.12. The van der Waals surface area contributed by atoms with Gasteiger partial charge in [-0.2, -0.15) is 9.89 Å². The Bertz CT molecular complexity index is 792. The number of nitrogens with one attached hydrogen (secondary N) is 2. The number of rotatable bonds is 5. The lowest BCUT2D eigenvalue weighted by atomic mass is 9.80. The number of nitrogens with zero attached hydrogens (tertiary/aromatic N) is 2. The van der Waals surface area contributed by atoms with E-state index in [2.05, 4.69) is 40.1 Å². The van der Waals surface area contributed by atoms with Crippen LogP contribution < -0.4 is 10.7 Å². The maximum absolute atomic E-state index is 11.5. The van der Waals surface area contributed by atoms with Gasteiger partial charge in [0.05, 0.1) is 11.9 Å². The first kappa shape index (κ1) is 18.9. The van der Waals surface area contributed by atoms with E-state index >= 15 is 0 Å². The zero-order chi connectivity index (χ0) is 19.4. The van der Waals surface area contributed by atoms with Crippen molar-refractivity contribution in [2.45, 2.75) is 45.6 Å². The maximum atomic E-state index is 11.5. The van der Waals surface area contributed by atoms with Gasteiger partial charge >= 0.3 is 6.09 Å². The second-order valence-corrected chi connectivity index (χ2v) is 7.39. The second kappa shape index (κ2) is 8.24. The maximum Gasteiger partial charge on any atom is 0.407 e. The summed E-state index contributed by atoms with van der Waals surface area (Å²) in [6, 6.07) is 10.4. The van der Waals surface area contributed by atoms with Crippen LogP contribution in [-0.4, -0.2) is 34.5 Å². The zero-order valence-corrected chi connectivity index (χ0v) is 15.9. The van der Waals surface area contributed by atoms with Crippen LogP contribution in [0.1, 0.15) is 45.2 Å². The minimum atomic E-state index is -0.359. The zero-order valence-electron chi connectivity index (χ0n) is 15.9. The van der Waals surface area contributed by atoms with Crippen LogP contribution in [0.15, 0.2) is 36.5 Å². The molecule has 3 aliphatic rings. The molecule has 2 amide bonds. The van der Waals surface area contributed by atoms with Gasteiger partial charge in [-0.25, -0.2) is 10.2 Å². The van der Waals surface area contributed by atoms with Gasteiger partial charge in [-0.15, -0.1) is 0 Å². The summed E-state index contributed by atoms with van der Waals surface area (Å²) in [5.74, 6) is 0.487. The van der Waals surface area contributed by atoms with Crippen LogP contribution >= 0.6 is 0 Å². The number of alkyl carbamates (subject to hydrolysis) is 1. The van der Waals surface area contributed by atoms with Crippen molar-refractivity contribution in [1.82, 2.24) is 15.2 Å². The monoisotopic (exact) mass is 370 g/mol. The van der Waals surface area contributed by atoms with Crippen LogP contribution in [0.4, 0.5) is 4.79 Å². The molecule has 0 atom stereocenters. The van der Waals surface area contributed by atoms with Crippen molar-refractivity contribution in [1.29, 1.82) is 0 Å². The number of hydrogen-bond donors (Lipinski definition) is 2. The van der Waals surface area contributed by atoms with Crippen LogP contribution in [0, 0.1) is 5.92 Å². The van der Waals surface area contributed by atoms with E-state index in [1.54, 1.807) is 6.20 Å². The van der Waals surface area contributed by atoms with Crippen LogP contribution in [0.5, 0.6) is 0 Å². The molecule has 1 heterocycles. The van der Waals surface area contributed by atoms with E-state index in [-0.39, 0.29) is 24.0 Å². The van der Waals surface area contributed by atoms with E-state index in [0.29, 0.717) is 12.5 Å². The van der Waals surface area contributed by atoms with Crippen LogP contribution in [0.25, 0.3) is 11.1 Å². The summed E-state index contributed by atoms with van der Waals surface area (Å²) in [6.07, 6.45) is 2.72. The Hall–Kier alpha value is -2.83. The number of ether oxygens (including phenoxy) is 1. The molecule has 0 aromatic carbocycles. The van der Waals surface area contributed by atoms with Crippen molar-refractivity contribution in [3.63, 3.8) is 0 Å². The van der Waals surface area contributed by atoms with Crippen molar-refractivity contribution in [3.8, 4) is 11.1 Å². The molecule has 0 spiro atoms. The van der Waals surface area contributed by atoms with Crippen molar-refractivity contribution in [3.05, 3.63) is 42.2 Å². The fourth-order valence-electron chi connectivity index (χ4n) is 2.92. The van der Waals surface area contributed by atoms with E-state index in [1.165, 1.54) is 22.8 Å². The fourth-order valence-corrected chi connectivity index (χ4v) is 2.92. The van der Waals surface area contributed by atoms with Gasteiger partial charge in [0.15, 0.2) is 0 Å². The van der Waals surface area contributed by atoms with Gasteiger partial charge < -0.3 is 10.1 Å². The lowest BCUT2D eigenvalue weighted by Gasteiger charge is -2.34. The molecule has 0 aliphatic heterocycles. The Morgan fingerprint density at radius 1 is 1.26 bits per heavy atom. The van der Waals surface area contributed by atoms with Crippen LogP contribution in [0.3, 0.4) is 0 Å². The lowest BCUT2D eigenvalue weighted by molar-refractivity contribution is -0.115. The SMILES string of the molecule is CC(=O)Nn1nccc1C1CC(OC(=O)NCC(C)C)C1.c1cc2cc-2c1. The Labute approximate surface area is 159 Å². The van der Waals surface area contributed by atoms with Gasteiger partial charge in [0.1, 0.15) is 6.10 Å². The number of hydrogen-bond acceptors (Lipinski definition) is 4. The largest absolute Gasteiger partial charge is 0.446 e. The minimum Gasteiger partial charge on any atom is -0.446 e. The third-order valence-corrected chi connectivity index (χ3v) is 4.49. The molecule has 7 heteroatoms. The van der Waals surface area contributed by atoms with Gasteiger partial charge in [0, 0.05) is 19.4 Å². The summed E-state index contributed by atoms with van der Waals surface area (Å²) in [7, 11) is 0. The summed E-state index contributed by atoms with van der Waals surface area (Å²) in [5, 5.41) is 6.79. The van der Waals surface area contributed by atoms with E-state index < -0.39 is 0 Å². The van der Waals surface area contributed by atoms with E-state index in [4.69, 9.17) is 4.74 Å². The molecule has 3 aliphatic carbocycles. The first-order valence-electron chi connectivity index (χ1n) is 9.29. The highest BCUT2D eigenvalue weighted by Gasteiger charge is 2.35. The number of aromatic nitrogens is 2. The lowest BCUT2D eigenvalue weighted by Crippen LogP contribution is -2.38. The molecule has 7 nitrogen and oxygen atoms in total. The summed E-state index contributed by atoms with van der Waals surface area (Å²) >= 11 is 0. The van der Waals surface area contributed by atoms with Gasteiger partial charge in [0.25, 0.3) is 0 Å². The van der Waals surface area contributed by atoms with Crippen LogP contribution in [-0.2, 0) is 9.53 Å². The number of carbonyl (C=O) groups is 2. The van der Waals surface area contributed by atoms with E-state index in [9.17, 15) is 9.59 Å². The quantitative estimate of drug-likeness (QED) is 0.722. The average molecular weight is 370 g/mol. The molecule has 1 aromatic rings. The molecule has 144 valence electrons.